The monoisotopic (exact) mass is 401 g/mol. The lowest BCUT2D eigenvalue weighted by molar-refractivity contribution is -0.122. The molecular formula is C20H24ClN5O2. The van der Waals surface area contributed by atoms with Gasteiger partial charge in [0.15, 0.2) is 0 Å². The standard InChI is InChI=1S/C20H24ClN5O2/c21-14-4-5-15-17(13-14)22-8-6-18(15)25-9-11-26(12-10-25)20(28)24-16-3-1-2-7-23-19(16)27/h4-6,8,13,16H,1-3,7,9-12H2,(H,23,27)(H,24,28). The zero-order valence-corrected chi connectivity index (χ0v) is 16.4. The third kappa shape index (κ3) is 3.99. The van der Waals surface area contributed by atoms with Gasteiger partial charge in [-0.1, -0.05) is 11.6 Å². The van der Waals surface area contributed by atoms with Gasteiger partial charge < -0.3 is 20.4 Å². The molecule has 4 rings (SSSR count). The SMILES string of the molecule is O=C1NCCCCC1NC(=O)N1CCN(c2ccnc3cc(Cl)ccc23)CC1. The Hall–Kier alpha value is -2.54. The van der Waals surface area contributed by atoms with E-state index >= 15 is 0 Å². The lowest BCUT2D eigenvalue weighted by atomic mass is 10.1. The molecule has 2 fully saturated rings. The summed E-state index contributed by atoms with van der Waals surface area (Å²) >= 11 is 6.08. The van der Waals surface area contributed by atoms with Crippen molar-refractivity contribution in [2.24, 2.45) is 0 Å². The normalized spacial score (nSPS) is 20.6. The smallest absolute Gasteiger partial charge is 0.318 e. The minimum atomic E-state index is -0.429. The van der Waals surface area contributed by atoms with Gasteiger partial charge in [0.2, 0.25) is 5.91 Å². The van der Waals surface area contributed by atoms with Crippen molar-refractivity contribution in [2.45, 2.75) is 25.3 Å². The van der Waals surface area contributed by atoms with Crippen LogP contribution in [0.1, 0.15) is 19.3 Å². The van der Waals surface area contributed by atoms with E-state index in [0.717, 1.165) is 42.5 Å². The van der Waals surface area contributed by atoms with Crippen LogP contribution in [0.4, 0.5) is 10.5 Å². The Morgan fingerprint density at radius 3 is 2.82 bits per heavy atom. The summed E-state index contributed by atoms with van der Waals surface area (Å²) in [6.45, 7) is 3.36. The highest BCUT2D eigenvalue weighted by atomic mass is 35.5. The highest BCUT2D eigenvalue weighted by Crippen LogP contribution is 2.28. The van der Waals surface area contributed by atoms with Gasteiger partial charge in [-0.3, -0.25) is 9.78 Å². The predicted molar refractivity (Wildman–Crippen MR) is 110 cm³/mol. The molecular weight excluding hydrogens is 378 g/mol. The summed E-state index contributed by atoms with van der Waals surface area (Å²) in [5, 5.41) is 7.48. The summed E-state index contributed by atoms with van der Waals surface area (Å²) in [4.78, 5) is 33.1. The predicted octanol–water partition coefficient (Wildman–Crippen LogP) is 2.39. The van der Waals surface area contributed by atoms with E-state index in [1.54, 1.807) is 11.1 Å². The molecule has 8 heteroatoms. The molecule has 3 amide bonds. The Morgan fingerprint density at radius 2 is 2.00 bits per heavy atom. The van der Waals surface area contributed by atoms with Crippen LogP contribution in [0.25, 0.3) is 10.9 Å². The molecule has 1 aromatic heterocycles. The molecule has 2 N–H and O–H groups in total. The summed E-state index contributed by atoms with van der Waals surface area (Å²) in [5.74, 6) is -0.0774. The Kier molecular flexibility index (Phi) is 5.52. The van der Waals surface area contributed by atoms with Crippen molar-refractivity contribution in [2.75, 3.05) is 37.6 Å². The highest BCUT2D eigenvalue weighted by Gasteiger charge is 2.27. The molecule has 3 heterocycles. The number of carbonyl (C=O) groups is 2. The van der Waals surface area contributed by atoms with Crippen molar-refractivity contribution >= 4 is 40.1 Å². The molecule has 0 aliphatic carbocycles. The van der Waals surface area contributed by atoms with Crippen LogP contribution in [0.3, 0.4) is 0 Å². The summed E-state index contributed by atoms with van der Waals surface area (Å²) in [5.41, 5.74) is 1.97. The zero-order chi connectivity index (χ0) is 19.5. The molecule has 0 bridgehead atoms. The Morgan fingerprint density at radius 1 is 1.18 bits per heavy atom. The van der Waals surface area contributed by atoms with Crippen molar-refractivity contribution < 1.29 is 9.59 Å². The number of amides is 3. The molecule has 28 heavy (non-hydrogen) atoms. The van der Waals surface area contributed by atoms with Crippen LogP contribution in [0.2, 0.25) is 5.02 Å². The molecule has 1 atom stereocenters. The average Bonchev–Trinajstić information content (AvgIpc) is 2.91. The minimum Gasteiger partial charge on any atom is -0.367 e. The van der Waals surface area contributed by atoms with Crippen molar-refractivity contribution in [3.05, 3.63) is 35.5 Å². The summed E-state index contributed by atoms with van der Waals surface area (Å²) < 4.78 is 0. The molecule has 7 nitrogen and oxygen atoms in total. The van der Waals surface area contributed by atoms with Crippen molar-refractivity contribution in [1.29, 1.82) is 0 Å². The van der Waals surface area contributed by atoms with Crippen LogP contribution < -0.4 is 15.5 Å². The average molecular weight is 402 g/mol. The van der Waals surface area contributed by atoms with Gasteiger partial charge in [-0.15, -0.1) is 0 Å². The minimum absolute atomic E-state index is 0.0774. The number of piperazine rings is 1. The number of nitrogens with zero attached hydrogens (tertiary/aromatic N) is 3. The third-order valence-electron chi connectivity index (χ3n) is 5.42. The van der Waals surface area contributed by atoms with E-state index in [9.17, 15) is 9.59 Å². The number of carbonyl (C=O) groups excluding carboxylic acids is 2. The van der Waals surface area contributed by atoms with Crippen molar-refractivity contribution in [3.8, 4) is 0 Å². The second-order valence-electron chi connectivity index (χ2n) is 7.25. The van der Waals surface area contributed by atoms with Gasteiger partial charge in [-0.25, -0.2) is 4.79 Å². The molecule has 0 saturated carbocycles. The fraction of sp³-hybridized carbons (Fsp3) is 0.450. The fourth-order valence-corrected chi connectivity index (χ4v) is 4.02. The van der Waals surface area contributed by atoms with E-state index in [4.69, 9.17) is 11.6 Å². The van der Waals surface area contributed by atoms with Crippen molar-refractivity contribution in [1.82, 2.24) is 20.5 Å². The number of pyridine rings is 1. The van der Waals surface area contributed by atoms with Crippen LogP contribution in [0.15, 0.2) is 30.5 Å². The molecule has 2 saturated heterocycles. The molecule has 2 aromatic rings. The largest absolute Gasteiger partial charge is 0.367 e. The van der Waals surface area contributed by atoms with Gasteiger partial charge in [-0.2, -0.15) is 0 Å². The first kappa shape index (κ1) is 18.8. The number of nitrogens with one attached hydrogen (secondary N) is 2. The van der Waals surface area contributed by atoms with Crippen LogP contribution in [0, 0.1) is 0 Å². The zero-order valence-electron chi connectivity index (χ0n) is 15.7. The van der Waals surface area contributed by atoms with Gasteiger partial charge in [0, 0.05) is 55.0 Å². The maximum Gasteiger partial charge on any atom is 0.318 e. The number of fused-ring (bicyclic) bond motifs is 1. The third-order valence-corrected chi connectivity index (χ3v) is 5.66. The van der Waals surface area contributed by atoms with Gasteiger partial charge >= 0.3 is 6.03 Å². The second-order valence-corrected chi connectivity index (χ2v) is 7.69. The van der Waals surface area contributed by atoms with E-state index in [1.165, 1.54) is 0 Å². The first-order chi connectivity index (χ1) is 13.6. The highest BCUT2D eigenvalue weighted by molar-refractivity contribution is 6.31. The molecule has 2 aliphatic rings. The molecule has 2 aliphatic heterocycles. The fourth-order valence-electron chi connectivity index (χ4n) is 3.85. The van der Waals surface area contributed by atoms with E-state index < -0.39 is 6.04 Å². The molecule has 0 spiro atoms. The van der Waals surface area contributed by atoms with E-state index in [-0.39, 0.29) is 11.9 Å². The molecule has 1 aromatic carbocycles. The van der Waals surface area contributed by atoms with E-state index in [0.29, 0.717) is 31.1 Å². The van der Waals surface area contributed by atoms with Gasteiger partial charge in [-0.05, 0) is 43.5 Å². The quantitative estimate of drug-likeness (QED) is 0.810. The first-order valence-electron chi connectivity index (χ1n) is 9.74. The summed E-state index contributed by atoms with van der Waals surface area (Å²) in [6.07, 6.45) is 4.39. The van der Waals surface area contributed by atoms with E-state index in [2.05, 4.69) is 20.5 Å². The Labute approximate surface area is 169 Å². The van der Waals surface area contributed by atoms with Gasteiger partial charge in [0.25, 0.3) is 0 Å². The maximum atomic E-state index is 12.6. The van der Waals surface area contributed by atoms with Crippen LogP contribution in [0.5, 0.6) is 0 Å². The lowest BCUT2D eigenvalue weighted by Gasteiger charge is -2.37. The number of urea groups is 1. The Bertz CT molecular complexity index is 882. The number of hydrogen-bond acceptors (Lipinski definition) is 4. The van der Waals surface area contributed by atoms with Crippen LogP contribution >= 0.6 is 11.6 Å². The number of anilines is 1. The maximum absolute atomic E-state index is 12.6. The topological polar surface area (TPSA) is 77.6 Å². The molecule has 0 radical (unpaired) electrons. The Balaban J connectivity index is 1.39. The van der Waals surface area contributed by atoms with Gasteiger partial charge in [0.1, 0.15) is 6.04 Å². The van der Waals surface area contributed by atoms with Crippen LogP contribution in [-0.4, -0.2) is 60.6 Å². The molecule has 148 valence electrons. The number of hydrogen-bond donors (Lipinski definition) is 2. The first-order valence-corrected chi connectivity index (χ1v) is 10.1. The number of aromatic nitrogens is 1. The van der Waals surface area contributed by atoms with E-state index in [1.807, 2.05) is 24.3 Å². The number of rotatable bonds is 2. The molecule has 1 unspecified atom stereocenters. The van der Waals surface area contributed by atoms with Gasteiger partial charge in [0.05, 0.1) is 5.52 Å². The lowest BCUT2D eigenvalue weighted by Crippen LogP contribution is -2.55. The number of benzene rings is 1. The number of halogens is 1. The summed E-state index contributed by atoms with van der Waals surface area (Å²) in [7, 11) is 0. The van der Waals surface area contributed by atoms with Crippen molar-refractivity contribution in [3.63, 3.8) is 0 Å². The second kappa shape index (κ2) is 8.22. The summed E-state index contributed by atoms with van der Waals surface area (Å²) in [6, 6.07) is 7.14. The van der Waals surface area contributed by atoms with Crippen LogP contribution in [-0.2, 0) is 4.79 Å².